The lowest BCUT2D eigenvalue weighted by Crippen LogP contribution is -2.46. The Balaban J connectivity index is 2.07. The minimum absolute atomic E-state index is 0.0495. The van der Waals surface area contributed by atoms with Gasteiger partial charge in [0, 0.05) is 6.04 Å². The van der Waals surface area contributed by atoms with E-state index in [1.165, 1.54) is 19.2 Å². The third-order valence-electron chi connectivity index (χ3n) is 5.33. The number of fused-ring (bicyclic) bond motifs is 1. The van der Waals surface area contributed by atoms with Crippen LogP contribution in [0.5, 0.6) is 5.75 Å². The van der Waals surface area contributed by atoms with Gasteiger partial charge in [0.25, 0.3) is 5.91 Å². The summed E-state index contributed by atoms with van der Waals surface area (Å²) in [6.45, 7) is 0. The zero-order valence-corrected chi connectivity index (χ0v) is 15.2. The topological polar surface area (TPSA) is 127 Å². The molecule has 1 aromatic carbocycles. The van der Waals surface area contributed by atoms with Crippen molar-refractivity contribution in [2.45, 2.75) is 49.1 Å². The molecular weight excluding hydrogens is 360 g/mol. The van der Waals surface area contributed by atoms with Gasteiger partial charge >= 0.3 is 5.97 Å². The van der Waals surface area contributed by atoms with Crippen LogP contribution in [-0.4, -0.2) is 48.9 Å². The van der Waals surface area contributed by atoms with E-state index in [1.807, 2.05) is 0 Å². The Hall–Kier alpha value is -2.13. The number of primary amides is 1. The molecule has 0 aromatic heterocycles. The molecule has 2 fully saturated rings. The van der Waals surface area contributed by atoms with Gasteiger partial charge in [-0.25, -0.2) is 8.42 Å². The second-order valence-electron chi connectivity index (χ2n) is 6.76. The molecule has 1 saturated carbocycles. The molecule has 1 aromatic rings. The van der Waals surface area contributed by atoms with Crippen LogP contribution >= 0.6 is 0 Å². The number of sulfonamides is 1. The lowest BCUT2D eigenvalue weighted by Gasteiger charge is -2.32. The molecule has 9 heteroatoms. The van der Waals surface area contributed by atoms with Gasteiger partial charge in [-0.15, -0.1) is 0 Å². The monoisotopic (exact) mass is 382 g/mol. The molecule has 1 amide bonds. The van der Waals surface area contributed by atoms with Crippen molar-refractivity contribution in [3.05, 3.63) is 23.8 Å². The van der Waals surface area contributed by atoms with Crippen LogP contribution in [0, 0.1) is 5.92 Å². The lowest BCUT2D eigenvalue weighted by molar-refractivity contribution is -0.141. The van der Waals surface area contributed by atoms with Crippen LogP contribution in [0.15, 0.2) is 23.1 Å². The number of benzene rings is 1. The molecule has 142 valence electrons. The van der Waals surface area contributed by atoms with Crippen LogP contribution in [0.25, 0.3) is 0 Å². The number of ether oxygens (including phenoxy) is 1. The summed E-state index contributed by atoms with van der Waals surface area (Å²) in [4.78, 5) is 23.2. The number of hydrogen-bond donors (Lipinski definition) is 2. The van der Waals surface area contributed by atoms with Gasteiger partial charge in [0.1, 0.15) is 11.8 Å². The molecule has 1 aliphatic heterocycles. The maximum Gasteiger partial charge on any atom is 0.322 e. The normalized spacial score (nSPS) is 26.3. The van der Waals surface area contributed by atoms with Crippen molar-refractivity contribution in [1.29, 1.82) is 0 Å². The highest BCUT2D eigenvalue weighted by atomic mass is 32.2. The van der Waals surface area contributed by atoms with Gasteiger partial charge in [-0.2, -0.15) is 4.31 Å². The van der Waals surface area contributed by atoms with E-state index in [0.717, 1.165) is 29.6 Å². The highest BCUT2D eigenvalue weighted by molar-refractivity contribution is 7.89. The van der Waals surface area contributed by atoms with Crippen LogP contribution in [-0.2, 0) is 14.8 Å². The van der Waals surface area contributed by atoms with Gasteiger partial charge in [-0.3, -0.25) is 9.59 Å². The molecule has 0 radical (unpaired) electrons. The van der Waals surface area contributed by atoms with Gasteiger partial charge < -0.3 is 15.6 Å². The first-order valence-corrected chi connectivity index (χ1v) is 9.95. The number of nitrogens with zero attached hydrogens (tertiary/aromatic N) is 1. The first-order valence-electron chi connectivity index (χ1n) is 8.51. The van der Waals surface area contributed by atoms with Crippen LogP contribution < -0.4 is 10.5 Å². The highest BCUT2D eigenvalue weighted by Crippen LogP contribution is 2.43. The average Bonchev–Trinajstić information content (AvgIpc) is 3.01. The summed E-state index contributed by atoms with van der Waals surface area (Å²) in [5.41, 5.74) is 5.26. The van der Waals surface area contributed by atoms with E-state index in [0.29, 0.717) is 12.8 Å². The largest absolute Gasteiger partial charge is 0.496 e. The van der Waals surface area contributed by atoms with Crippen LogP contribution in [0.1, 0.15) is 42.5 Å². The summed E-state index contributed by atoms with van der Waals surface area (Å²) in [6, 6.07) is 2.42. The summed E-state index contributed by atoms with van der Waals surface area (Å²) < 4.78 is 32.7. The molecule has 0 spiro atoms. The number of aliphatic carboxylic acids is 1. The lowest BCUT2D eigenvalue weighted by atomic mass is 9.85. The van der Waals surface area contributed by atoms with Gasteiger partial charge in [0.2, 0.25) is 10.0 Å². The van der Waals surface area contributed by atoms with Crippen molar-refractivity contribution in [1.82, 2.24) is 4.31 Å². The number of carbonyl (C=O) groups is 2. The summed E-state index contributed by atoms with van der Waals surface area (Å²) in [5, 5.41) is 9.57. The number of nitrogens with two attached hydrogens (primary N) is 1. The predicted molar refractivity (Wildman–Crippen MR) is 92.3 cm³/mol. The Kier molecular flexibility index (Phi) is 4.94. The zero-order chi connectivity index (χ0) is 19.1. The van der Waals surface area contributed by atoms with Crippen molar-refractivity contribution in [2.75, 3.05) is 7.11 Å². The molecule has 1 heterocycles. The maximum absolute atomic E-state index is 13.2. The van der Waals surface area contributed by atoms with Crippen molar-refractivity contribution >= 4 is 21.9 Å². The number of rotatable bonds is 5. The van der Waals surface area contributed by atoms with Crippen LogP contribution in [0.3, 0.4) is 0 Å². The average molecular weight is 382 g/mol. The number of hydrogen-bond acceptors (Lipinski definition) is 5. The minimum atomic E-state index is -4.10. The molecule has 3 atom stereocenters. The fourth-order valence-corrected chi connectivity index (χ4v) is 6.03. The van der Waals surface area contributed by atoms with E-state index < -0.39 is 27.9 Å². The van der Waals surface area contributed by atoms with Crippen LogP contribution in [0.4, 0.5) is 0 Å². The number of carboxylic acid groups (broad SMARTS) is 1. The molecule has 0 bridgehead atoms. The summed E-state index contributed by atoms with van der Waals surface area (Å²) >= 11 is 0. The van der Waals surface area contributed by atoms with Gasteiger partial charge in [0.15, 0.2) is 0 Å². The SMILES string of the molecule is COc1ccc(S(=O)(=O)N2C(C(=O)O)CC3CCCCC32)cc1C(N)=O. The van der Waals surface area contributed by atoms with Gasteiger partial charge in [0.05, 0.1) is 17.6 Å². The van der Waals surface area contributed by atoms with E-state index in [4.69, 9.17) is 10.5 Å². The molecule has 3 rings (SSSR count). The van der Waals surface area contributed by atoms with E-state index in [-0.39, 0.29) is 28.2 Å². The molecule has 3 N–H and O–H groups in total. The third kappa shape index (κ3) is 3.05. The Morgan fingerprint density at radius 1 is 1.27 bits per heavy atom. The van der Waals surface area contributed by atoms with E-state index in [9.17, 15) is 23.1 Å². The molecule has 1 aliphatic carbocycles. The van der Waals surface area contributed by atoms with Crippen molar-refractivity contribution in [2.24, 2.45) is 11.7 Å². The number of carbonyl (C=O) groups excluding carboxylic acids is 1. The third-order valence-corrected chi connectivity index (χ3v) is 7.26. The Morgan fingerprint density at radius 3 is 2.58 bits per heavy atom. The number of amides is 1. The minimum Gasteiger partial charge on any atom is -0.496 e. The smallest absolute Gasteiger partial charge is 0.322 e. The summed E-state index contributed by atoms with van der Waals surface area (Å²) in [7, 11) is -2.74. The van der Waals surface area contributed by atoms with Crippen molar-refractivity contribution in [3.8, 4) is 5.75 Å². The molecule has 2 aliphatic rings. The molecular formula is C17H22N2O6S. The summed E-state index contributed by atoms with van der Waals surface area (Å²) in [5.74, 6) is -1.74. The number of methoxy groups -OCH3 is 1. The molecule has 8 nitrogen and oxygen atoms in total. The van der Waals surface area contributed by atoms with E-state index in [1.54, 1.807) is 0 Å². The van der Waals surface area contributed by atoms with Crippen molar-refractivity contribution < 1.29 is 27.9 Å². The predicted octanol–water partition coefficient (Wildman–Crippen LogP) is 1.20. The van der Waals surface area contributed by atoms with Gasteiger partial charge in [-0.1, -0.05) is 12.8 Å². The Bertz CT molecular complexity index is 838. The highest BCUT2D eigenvalue weighted by Gasteiger charge is 2.51. The fraction of sp³-hybridized carbons (Fsp3) is 0.529. The second kappa shape index (κ2) is 6.88. The molecule has 1 saturated heterocycles. The van der Waals surface area contributed by atoms with E-state index in [2.05, 4.69) is 0 Å². The maximum atomic E-state index is 13.2. The zero-order valence-electron chi connectivity index (χ0n) is 14.4. The fourth-order valence-electron chi connectivity index (χ4n) is 4.14. The number of carboxylic acids is 1. The Labute approximate surface area is 152 Å². The van der Waals surface area contributed by atoms with Gasteiger partial charge in [-0.05, 0) is 43.4 Å². The molecule has 26 heavy (non-hydrogen) atoms. The Morgan fingerprint density at radius 2 is 1.96 bits per heavy atom. The van der Waals surface area contributed by atoms with E-state index >= 15 is 0 Å². The molecule has 3 unspecified atom stereocenters. The first-order chi connectivity index (χ1) is 12.3. The standard InChI is InChI=1S/C17H22N2O6S/c1-25-15-7-6-11(9-12(15)16(18)20)26(23,24)19-13-5-3-2-4-10(13)8-14(19)17(21)22/h6-7,9-10,13-14H,2-5,8H2,1H3,(H2,18,20)(H,21,22). The second-order valence-corrected chi connectivity index (χ2v) is 8.61. The van der Waals surface area contributed by atoms with Crippen LogP contribution in [0.2, 0.25) is 0 Å². The summed E-state index contributed by atoms with van der Waals surface area (Å²) in [6.07, 6.45) is 3.64. The first kappa shape index (κ1) is 18.7. The quantitative estimate of drug-likeness (QED) is 0.788. The van der Waals surface area contributed by atoms with Crippen molar-refractivity contribution in [3.63, 3.8) is 0 Å².